The number of benzene rings is 1. The Balaban J connectivity index is 2.11. The van der Waals surface area contributed by atoms with Crippen LogP contribution in [0.4, 0.5) is 5.69 Å². The van der Waals surface area contributed by atoms with E-state index >= 15 is 0 Å². The van der Waals surface area contributed by atoms with Crippen LogP contribution in [0.2, 0.25) is 5.02 Å². The fourth-order valence-electron chi connectivity index (χ4n) is 3.11. The number of halogens is 1. The number of hydrogen-bond donors (Lipinski definition) is 0. The standard InChI is InChI=1S/C22H29ClN4O3/c1-6-7-17-10-16(11-24)8-9-20(17)30-14-18(29-5)13-26(4)19-12-25-27(15(2)3)22(28)21(19)23/h8-10,12,15,18H,6-7,13-14H2,1-5H3. The summed E-state index contributed by atoms with van der Waals surface area (Å²) in [5.41, 5.74) is 1.85. The number of likely N-dealkylation sites (N-methyl/N-ethyl adjacent to an activating group) is 1. The third-order valence-electron chi connectivity index (χ3n) is 4.77. The number of anilines is 1. The topological polar surface area (TPSA) is 80.4 Å². The zero-order valence-electron chi connectivity index (χ0n) is 18.2. The van der Waals surface area contributed by atoms with E-state index in [1.54, 1.807) is 19.4 Å². The zero-order valence-corrected chi connectivity index (χ0v) is 18.9. The maximum absolute atomic E-state index is 12.4. The Bertz CT molecular complexity index is 952. The Morgan fingerprint density at radius 2 is 2.10 bits per heavy atom. The van der Waals surface area contributed by atoms with Gasteiger partial charge in [0.05, 0.1) is 29.6 Å². The minimum Gasteiger partial charge on any atom is -0.491 e. The van der Waals surface area contributed by atoms with E-state index in [0.29, 0.717) is 24.4 Å². The van der Waals surface area contributed by atoms with Crippen LogP contribution < -0.4 is 15.2 Å². The summed E-state index contributed by atoms with van der Waals surface area (Å²) in [6.07, 6.45) is 3.12. The highest BCUT2D eigenvalue weighted by Crippen LogP contribution is 2.23. The molecule has 2 rings (SSSR count). The summed E-state index contributed by atoms with van der Waals surface area (Å²) in [6, 6.07) is 7.53. The molecule has 1 aromatic heterocycles. The predicted molar refractivity (Wildman–Crippen MR) is 119 cm³/mol. The van der Waals surface area contributed by atoms with Gasteiger partial charge in [-0.15, -0.1) is 0 Å². The molecule has 0 saturated heterocycles. The van der Waals surface area contributed by atoms with E-state index in [9.17, 15) is 4.79 Å². The van der Waals surface area contributed by atoms with Crippen molar-refractivity contribution in [3.8, 4) is 11.8 Å². The van der Waals surface area contributed by atoms with E-state index in [4.69, 9.17) is 26.3 Å². The van der Waals surface area contributed by atoms with Crippen molar-refractivity contribution >= 4 is 17.3 Å². The van der Waals surface area contributed by atoms with Crippen LogP contribution in [0.5, 0.6) is 5.75 Å². The van der Waals surface area contributed by atoms with Gasteiger partial charge >= 0.3 is 0 Å². The number of aryl methyl sites for hydroxylation is 1. The SMILES string of the molecule is CCCc1cc(C#N)ccc1OCC(CN(C)c1cnn(C(C)C)c(=O)c1Cl)OC. The molecular weight excluding hydrogens is 404 g/mol. The molecule has 1 heterocycles. The van der Waals surface area contributed by atoms with Gasteiger partial charge in [-0.3, -0.25) is 4.79 Å². The summed E-state index contributed by atoms with van der Waals surface area (Å²) >= 11 is 6.31. The van der Waals surface area contributed by atoms with Gasteiger partial charge in [-0.25, -0.2) is 4.68 Å². The highest BCUT2D eigenvalue weighted by atomic mass is 35.5. The summed E-state index contributed by atoms with van der Waals surface area (Å²) in [4.78, 5) is 14.3. The molecule has 0 spiro atoms. The van der Waals surface area contributed by atoms with Gasteiger partial charge in [-0.2, -0.15) is 10.4 Å². The van der Waals surface area contributed by atoms with Crippen LogP contribution in [-0.2, 0) is 11.2 Å². The fourth-order valence-corrected chi connectivity index (χ4v) is 3.39. The van der Waals surface area contributed by atoms with E-state index in [2.05, 4.69) is 18.1 Å². The normalized spacial score (nSPS) is 11.9. The number of rotatable bonds is 10. The Kier molecular flexibility index (Phi) is 8.70. The van der Waals surface area contributed by atoms with Gasteiger partial charge in [0.15, 0.2) is 0 Å². The second kappa shape index (κ2) is 11.0. The number of nitriles is 1. The lowest BCUT2D eigenvalue weighted by molar-refractivity contribution is 0.0632. The van der Waals surface area contributed by atoms with Crippen molar-refractivity contribution in [2.45, 2.75) is 45.8 Å². The monoisotopic (exact) mass is 432 g/mol. The van der Waals surface area contributed by atoms with Crippen molar-refractivity contribution in [2.75, 3.05) is 32.2 Å². The molecule has 7 nitrogen and oxygen atoms in total. The molecule has 1 aromatic carbocycles. The minimum absolute atomic E-state index is 0.0702. The van der Waals surface area contributed by atoms with Crippen LogP contribution in [0.3, 0.4) is 0 Å². The predicted octanol–water partition coefficient (Wildman–Crippen LogP) is 3.83. The highest BCUT2D eigenvalue weighted by Gasteiger charge is 2.18. The van der Waals surface area contributed by atoms with Crippen molar-refractivity contribution in [1.82, 2.24) is 9.78 Å². The molecule has 0 fully saturated rings. The quantitative estimate of drug-likeness (QED) is 0.567. The average molecular weight is 433 g/mol. The largest absolute Gasteiger partial charge is 0.491 e. The van der Waals surface area contributed by atoms with Gasteiger partial charge in [-0.1, -0.05) is 24.9 Å². The summed E-state index contributed by atoms with van der Waals surface area (Å²) < 4.78 is 12.9. The van der Waals surface area contributed by atoms with E-state index in [0.717, 1.165) is 24.2 Å². The van der Waals surface area contributed by atoms with E-state index < -0.39 is 0 Å². The summed E-state index contributed by atoms with van der Waals surface area (Å²) in [5, 5.41) is 13.5. The third-order valence-corrected chi connectivity index (χ3v) is 5.13. The molecule has 8 heteroatoms. The molecule has 2 aromatic rings. The number of methoxy groups -OCH3 is 1. The van der Waals surface area contributed by atoms with Crippen LogP contribution in [0.25, 0.3) is 0 Å². The summed E-state index contributed by atoms with van der Waals surface area (Å²) in [5.74, 6) is 0.750. The van der Waals surface area contributed by atoms with Gasteiger partial charge in [0.25, 0.3) is 5.56 Å². The molecule has 0 aliphatic rings. The lowest BCUT2D eigenvalue weighted by atomic mass is 10.1. The Hall–Kier alpha value is -2.56. The second-order valence-corrected chi connectivity index (χ2v) is 7.80. The van der Waals surface area contributed by atoms with Gasteiger partial charge in [0.2, 0.25) is 0 Å². The fraction of sp³-hybridized carbons (Fsp3) is 0.500. The lowest BCUT2D eigenvalue weighted by Gasteiger charge is -2.26. The Morgan fingerprint density at radius 1 is 1.37 bits per heavy atom. The molecule has 162 valence electrons. The zero-order chi connectivity index (χ0) is 22.3. The summed E-state index contributed by atoms with van der Waals surface area (Å²) in [6.45, 7) is 6.62. The molecule has 0 bridgehead atoms. The molecule has 1 unspecified atom stereocenters. The van der Waals surface area contributed by atoms with Gasteiger partial charge < -0.3 is 14.4 Å². The van der Waals surface area contributed by atoms with Crippen molar-refractivity contribution in [3.63, 3.8) is 0 Å². The smallest absolute Gasteiger partial charge is 0.287 e. The van der Waals surface area contributed by atoms with Gasteiger partial charge in [-0.05, 0) is 44.0 Å². The first kappa shape index (κ1) is 23.7. The molecule has 0 N–H and O–H groups in total. The molecule has 0 radical (unpaired) electrons. The minimum atomic E-state index is -0.317. The molecule has 0 aliphatic carbocycles. The van der Waals surface area contributed by atoms with Crippen molar-refractivity contribution in [1.29, 1.82) is 5.26 Å². The van der Waals surface area contributed by atoms with E-state index in [1.807, 2.05) is 37.9 Å². The molecule has 30 heavy (non-hydrogen) atoms. The number of aromatic nitrogens is 2. The van der Waals surface area contributed by atoms with Crippen LogP contribution in [0, 0.1) is 11.3 Å². The van der Waals surface area contributed by atoms with Crippen LogP contribution >= 0.6 is 11.6 Å². The first-order valence-electron chi connectivity index (χ1n) is 9.99. The average Bonchev–Trinajstić information content (AvgIpc) is 2.73. The maximum Gasteiger partial charge on any atom is 0.287 e. The lowest BCUT2D eigenvalue weighted by Crippen LogP contribution is -2.36. The molecular formula is C22H29ClN4O3. The molecule has 1 atom stereocenters. The van der Waals surface area contributed by atoms with E-state index in [-0.39, 0.29) is 22.7 Å². The molecule has 0 saturated carbocycles. The van der Waals surface area contributed by atoms with Crippen molar-refractivity contribution in [2.24, 2.45) is 0 Å². The molecule has 0 aliphatic heterocycles. The van der Waals surface area contributed by atoms with Gasteiger partial charge in [0, 0.05) is 20.7 Å². The van der Waals surface area contributed by atoms with Crippen LogP contribution in [0.1, 0.15) is 44.4 Å². The van der Waals surface area contributed by atoms with E-state index in [1.165, 1.54) is 4.68 Å². The number of hydrogen-bond acceptors (Lipinski definition) is 6. The number of nitrogens with zero attached hydrogens (tertiary/aromatic N) is 4. The summed E-state index contributed by atoms with van der Waals surface area (Å²) in [7, 11) is 3.45. The van der Waals surface area contributed by atoms with Crippen molar-refractivity contribution in [3.05, 3.63) is 50.9 Å². The Labute approximate surface area is 182 Å². The first-order valence-corrected chi connectivity index (χ1v) is 10.4. The second-order valence-electron chi connectivity index (χ2n) is 7.42. The Morgan fingerprint density at radius 3 is 2.70 bits per heavy atom. The van der Waals surface area contributed by atoms with Crippen molar-refractivity contribution < 1.29 is 9.47 Å². The third kappa shape index (κ3) is 5.74. The van der Waals surface area contributed by atoms with Gasteiger partial charge in [0.1, 0.15) is 23.5 Å². The highest BCUT2D eigenvalue weighted by molar-refractivity contribution is 6.33. The van der Waals surface area contributed by atoms with Crippen LogP contribution in [0.15, 0.2) is 29.2 Å². The van der Waals surface area contributed by atoms with Crippen LogP contribution in [-0.4, -0.2) is 43.2 Å². The maximum atomic E-state index is 12.4. The first-order chi connectivity index (χ1) is 14.3. The molecule has 0 amide bonds. The number of ether oxygens (including phenoxy) is 2.